The van der Waals surface area contributed by atoms with Gasteiger partial charge in [-0.05, 0) is 33.6 Å². The van der Waals surface area contributed by atoms with Crippen LogP contribution in [-0.4, -0.2) is 32.6 Å². The van der Waals surface area contributed by atoms with Crippen LogP contribution in [0.2, 0.25) is 0 Å². The van der Waals surface area contributed by atoms with E-state index in [-0.39, 0.29) is 28.9 Å². The summed E-state index contributed by atoms with van der Waals surface area (Å²) in [6.07, 6.45) is 1.37. The molecule has 1 aromatic heterocycles. The largest absolute Gasteiger partial charge is 0.497 e. The SMILES string of the molecule is COc1ccc(OC)c(S(=O)(=O)Nc2ncc(Br)nc2OCc2ccccc2)c1. The second kappa shape index (κ2) is 9.10. The number of benzene rings is 2. The molecule has 0 bridgehead atoms. The Kier molecular flexibility index (Phi) is 6.55. The Bertz CT molecular complexity index is 1090. The first-order valence-corrected chi connectivity index (χ1v) is 10.6. The molecule has 0 saturated heterocycles. The highest BCUT2D eigenvalue weighted by molar-refractivity contribution is 9.10. The molecule has 8 nitrogen and oxygen atoms in total. The molecule has 10 heteroatoms. The highest BCUT2D eigenvalue weighted by Crippen LogP contribution is 2.31. The molecule has 1 N–H and O–H groups in total. The van der Waals surface area contributed by atoms with E-state index in [1.807, 2.05) is 30.3 Å². The van der Waals surface area contributed by atoms with Crippen LogP contribution in [0.15, 0.2) is 64.2 Å². The van der Waals surface area contributed by atoms with E-state index < -0.39 is 10.0 Å². The van der Waals surface area contributed by atoms with E-state index in [0.29, 0.717) is 10.4 Å². The van der Waals surface area contributed by atoms with Gasteiger partial charge in [-0.25, -0.2) is 18.4 Å². The van der Waals surface area contributed by atoms with Gasteiger partial charge in [-0.2, -0.15) is 0 Å². The number of halogens is 1. The topological polar surface area (TPSA) is 99.6 Å². The summed E-state index contributed by atoms with van der Waals surface area (Å²) in [5, 5.41) is 0. The molecule has 0 aliphatic carbocycles. The van der Waals surface area contributed by atoms with Gasteiger partial charge in [-0.1, -0.05) is 30.3 Å². The minimum absolute atomic E-state index is 0.0358. The van der Waals surface area contributed by atoms with Crippen molar-refractivity contribution in [2.45, 2.75) is 11.5 Å². The zero-order valence-corrected chi connectivity index (χ0v) is 18.0. The first kappa shape index (κ1) is 20.9. The van der Waals surface area contributed by atoms with Gasteiger partial charge in [0.25, 0.3) is 15.9 Å². The fourth-order valence-electron chi connectivity index (χ4n) is 2.42. The van der Waals surface area contributed by atoms with Gasteiger partial charge >= 0.3 is 0 Å². The lowest BCUT2D eigenvalue weighted by atomic mass is 10.2. The Morgan fingerprint density at radius 1 is 1.07 bits per heavy atom. The summed E-state index contributed by atoms with van der Waals surface area (Å²) in [5.74, 6) is 0.520. The Labute approximate surface area is 177 Å². The van der Waals surface area contributed by atoms with Crippen molar-refractivity contribution in [3.8, 4) is 17.4 Å². The lowest BCUT2D eigenvalue weighted by Crippen LogP contribution is -2.16. The molecule has 1 heterocycles. The van der Waals surface area contributed by atoms with Gasteiger partial charge in [0, 0.05) is 6.07 Å². The van der Waals surface area contributed by atoms with Gasteiger partial charge in [-0.15, -0.1) is 0 Å². The van der Waals surface area contributed by atoms with E-state index in [0.717, 1.165) is 5.56 Å². The van der Waals surface area contributed by atoms with E-state index >= 15 is 0 Å². The highest BCUT2D eigenvalue weighted by Gasteiger charge is 2.23. The van der Waals surface area contributed by atoms with Crippen LogP contribution in [0.4, 0.5) is 5.82 Å². The molecule has 0 saturated carbocycles. The quantitative estimate of drug-likeness (QED) is 0.526. The smallest absolute Gasteiger partial charge is 0.267 e. The molecular weight excluding hydrogens is 462 g/mol. The average molecular weight is 480 g/mol. The minimum Gasteiger partial charge on any atom is -0.497 e. The van der Waals surface area contributed by atoms with Crippen LogP contribution in [0.5, 0.6) is 17.4 Å². The van der Waals surface area contributed by atoms with Crippen LogP contribution in [0.3, 0.4) is 0 Å². The molecule has 0 radical (unpaired) electrons. The van der Waals surface area contributed by atoms with E-state index in [9.17, 15) is 8.42 Å². The summed E-state index contributed by atoms with van der Waals surface area (Å²) in [5.41, 5.74) is 0.901. The Balaban J connectivity index is 1.91. The zero-order chi connectivity index (χ0) is 20.9. The molecule has 3 rings (SSSR count). The molecule has 152 valence electrons. The molecule has 0 aliphatic rings. The number of aromatic nitrogens is 2. The number of nitrogens with one attached hydrogen (secondary N) is 1. The molecule has 29 heavy (non-hydrogen) atoms. The van der Waals surface area contributed by atoms with Crippen LogP contribution >= 0.6 is 15.9 Å². The Morgan fingerprint density at radius 3 is 2.52 bits per heavy atom. The van der Waals surface area contributed by atoms with Crippen molar-refractivity contribution >= 4 is 31.8 Å². The van der Waals surface area contributed by atoms with Gasteiger partial charge in [0.05, 0.1) is 20.4 Å². The standard InChI is InChI=1S/C19H18BrN3O5S/c1-26-14-8-9-15(27-2)16(10-14)29(24,25)23-18-19(22-17(20)11-21-18)28-12-13-6-4-3-5-7-13/h3-11H,12H2,1-2H3,(H,21,23). The molecule has 0 amide bonds. The van der Waals surface area contributed by atoms with Crippen molar-refractivity contribution in [2.75, 3.05) is 18.9 Å². The molecule has 0 aliphatic heterocycles. The van der Waals surface area contributed by atoms with E-state index in [1.54, 1.807) is 6.07 Å². The number of nitrogens with zero attached hydrogens (tertiary/aromatic N) is 2. The maximum Gasteiger partial charge on any atom is 0.267 e. The van der Waals surface area contributed by atoms with Crippen LogP contribution < -0.4 is 18.9 Å². The lowest BCUT2D eigenvalue weighted by molar-refractivity contribution is 0.294. The van der Waals surface area contributed by atoms with Crippen LogP contribution in [0, 0.1) is 0 Å². The molecule has 0 spiro atoms. The maximum absolute atomic E-state index is 13.0. The van der Waals surface area contributed by atoms with Crippen molar-refractivity contribution in [3.63, 3.8) is 0 Å². The number of anilines is 1. The van der Waals surface area contributed by atoms with Crippen molar-refractivity contribution in [3.05, 3.63) is 64.9 Å². The van der Waals surface area contributed by atoms with E-state index in [1.165, 1.54) is 32.5 Å². The molecule has 3 aromatic rings. The molecule has 2 aromatic carbocycles. The number of methoxy groups -OCH3 is 2. The fraction of sp³-hybridized carbons (Fsp3) is 0.158. The van der Waals surface area contributed by atoms with Crippen molar-refractivity contribution in [1.82, 2.24) is 9.97 Å². The van der Waals surface area contributed by atoms with Gasteiger partial charge in [0.1, 0.15) is 27.6 Å². The third kappa shape index (κ3) is 5.15. The maximum atomic E-state index is 13.0. The summed E-state index contributed by atoms with van der Waals surface area (Å²) in [4.78, 5) is 8.19. The monoisotopic (exact) mass is 479 g/mol. The van der Waals surface area contributed by atoms with Crippen molar-refractivity contribution in [2.24, 2.45) is 0 Å². The average Bonchev–Trinajstić information content (AvgIpc) is 2.74. The molecule has 0 atom stereocenters. The molecular formula is C19H18BrN3O5S. The van der Waals surface area contributed by atoms with Gasteiger partial charge < -0.3 is 14.2 Å². The molecule has 0 fully saturated rings. The summed E-state index contributed by atoms with van der Waals surface area (Å²) in [7, 11) is -1.23. The first-order valence-electron chi connectivity index (χ1n) is 8.37. The van der Waals surface area contributed by atoms with Crippen LogP contribution in [0.1, 0.15) is 5.56 Å². The second-order valence-corrected chi connectivity index (χ2v) is 8.21. The van der Waals surface area contributed by atoms with Gasteiger partial charge in [0.15, 0.2) is 0 Å². The fourth-order valence-corrected chi connectivity index (χ4v) is 3.88. The number of sulfonamides is 1. The van der Waals surface area contributed by atoms with E-state index in [2.05, 4.69) is 30.6 Å². The highest BCUT2D eigenvalue weighted by atomic mass is 79.9. The summed E-state index contributed by atoms with van der Waals surface area (Å²) in [6, 6.07) is 13.9. The Hall–Kier alpha value is -2.85. The predicted octanol–water partition coefficient (Wildman–Crippen LogP) is 3.64. The van der Waals surface area contributed by atoms with E-state index in [4.69, 9.17) is 14.2 Å². The number of ether oxygens (including phenoxy) is 3. The van der Waals surface area contributed by atoms with Gasteiger partial charge in [0.2, 0.25) is 5.82 Å². The van der Waals surface area contributed by atoms with Gasteiger partial charge in [-0.3, -0.25) is 4.72 Å². The summed E-state index contributed by atoms with van der Waals surface area (Å²) < 4.78 is 44.8. The predicted molar refractivity (Wildman–Crippen MR) is 111 cm³/mol. The molecule has 0 unspecified atom stereocenters. The second-order valence-electron chi connectivity index (χ2n) is 5.74. The lowest BCUT2D eigenvalue weighted by Gasteiger charge is -2.14. The van der Waals surface area contributed by atoms with Crippen molar-refractivity contribution in [1.29, 1.82) is 0 Å². The third-order valence-electron chi connectivity index (χ3n) is 3.82. The minimum atomic E-state index is -4.06. The summed E-state index contributed by atoms with van der Waals surface area (Å²) in [6.45, 7) is 0.198. The van der Waals surface area contributed by atoms with Crippen LogP contribution in [-0.2, 0) is 16.6 Å². The Morgan fingerprint density at radius 2 is 1.83 bits per heavy atom. The first-order chi connectivity index (χ1) is 13.9. The number of rotatable bonds is 8. The normalized spacial score (nSPS) is 11.0. The number of hydrogen-bond donors (Lipinski definition) is 1. The zero-order valence-electron chi connectivity index (χ0n) is 15.6. The van der Waals surface area contributed by atoms with Crippen LogP contribution in [0.25, 0.3) is 0 Å². The summed E-state index contributed by atoms with van der Waals surface area (Å²) >= 11 is 3.22. The third-order valence-corrected chi connectivity index (χ3v) is 5.56. The van der Waals surface area contributed by atoms with Crippen molar-refractivity contribution < 1.29 is 22.6 Å². The number of hydrogen-bond acceptors (Lipinski definition) is 7.